The third-order valence-corrected chi connectivity index (χ3v) is 3.30. The summed E-state index contributed by atoms with van der Waals surface area (Å²) < 4.78 is 10.9. The van der Waals surface area contributed by atoms with E-state index in [1.54, 1.807) is 36.9 Å². The molecular weight excluding hydrogens is 322 g/mol. The Morgan fingerprint density at radius 1 is 1.32 bits per heavy atom. The van der Waals surface area contributed by atoms with Crippen LogP contribution in [0.3, 0.4) is 0 Å². The van der Waals surface area contributed by atoms with Gasteiger partial charge in [-0.15, -0.1) is 0 Å². The topological polar surface area (TPSA) is 123 Å². The number of nitriles is 1. The molecule has 0 spiro atoms. The molecule has 1 amide bonds. The smallest absolute Gasteiger partial charge is 0.246 e. The van der Waals surface area contributed by atoms with E-state index in [9.17, 15) is 4.79 Å². The molecule has 0 saturated carbocycles. The lowest BCUT2D eigenvalue weighted by Gasteiger charge is -2.23. The number of nitrogens with two attached hydrogens (primary N) is 1. The van der Waals surface area contributed by atoms with Crippen molar-refractivity contribution in [2.45, 2.75) is 12.6 Å². The van der Waals surface area contributed by atoms with Crippen molar-refractivity contribution in [3.05, 3.63) is 54.1 Å². The van der Waals surface area contributed by atoms with Gasteiger partial charge in [-0.05, 0) is 18.2 Å². The van der Waals surface area contributed by atoms with E-state index in [0.29, 0.717) is 31.0 Å². The van der Waals surface area contributed by atoms with Crippen LogP contribution >= 0.6 is 0 Å². The first-order chi connectivity index (χ1) is 12.2. The second-order valence-corrected chi connectivity index (χ2v) is 5.08. The number of carbonyl (C=O) groups is 1. The number of amides is 1. The van der Waals surface area contributed by atoms with Gasteiger partial charge in [-0.25, -0.2) is 0 Å². The van der Waals surface area contributed by atoms with Crippen molar-refractivity contribution >= 4 is 5.91 Å². The number of ether oxygens (including phenoxy) is 2. The molecule has 0 aliphatic carbocycles. The minimum atomic E-state index is -0.126. The van der Waals surface area contributed by atoms with Crippen molar-refractivity contribution in [3.8, 4) is 11.8 Å². The van der Waals surface area contributed by atoms with E-state index in [4.69, 9.17) is 20.5 Å². The lowest BCUT2D eigenvalue weighted by molar-refractivity contribution is -0.134. The number of hydrogen-bond acceptors (Lipinski definition) is 7. The number of pyridine rings is 2. The van der Waals surface area contributed by atoms with Gasteiger partial charge in [0.2, 0.25) is 5.91 Å². The first-order valence-corrected chi connectivity index (χ1v) is 7.67. The number of aromatic nitrogens is 2. The minimum Gasteiger partial charge on any atom is -0.489 e. The highest BCUT2D eigenvalue weighted by Gasteiger charge is 2.19. The highest BCUT2D eigenvalue weighted by atomic mass is 16.5. The Labute approximate surface area is 145 Å². The van der Waals surface area contributed by atoms with Crippen molar-refractivity contribution in [3.63, 3.8) is 0 Å². The number of nitrogens with one attached hydrogen (secondary N) is 1. The average molecular weight is 341 g/mol. The SMILES string of the molecule is N#Cc1ccncc1.NCc1ccncc1OC[C@@H]1CNC(=O)CO1. The molecule has 1 atom stereocenters. The summed E-state index contributed by atoms with van der Waals surface area (Å²) in [5.74, 6) is 0.570. The minimum absolute atomic E-state index is 0.0881. The summed E-state index contributed by atoms with van der Waals surface area (Å²) in [5, 5.41) is 11.0. The standard InChI is InChI=1S/C11H15N3O3.C6H4N2/c12-3-8-1-2-13-5-10(8)17-6-9-4-14-11(15)7-16-9;7-5-6-1-3-8-4-2-6/h1-2,5,9H,3-4,6-7,12H2,(H,14,15);1-4H/t9-;/m0./s1. The molecule has 3 N–H and O–H groups in total. The Balaban J connectivity index is 0.000000236. The summed E-state index contributed by atoms with van der Waals surface area (Å²) in [6, 6.07) is 7.14. The van der Waals surface area contributed by atoms with Crippen LogP contribution in [0, 0.1) is 11.3 Å². The molecule has 3 rings (SSSR count). The highest BCUT2D eigenvalue weighted by molar-refractivity contribution is 5.77. The van der Waals surface area contributed by atoms with Gasteiger partial charge < -0.3 is 20.5 Å². The van der Waals surface area contributed by atoms with Crippen LogP contribution in [0.25, 0.3) is 0 Å². The molecule has 2 aromatic heterocycles. The molecule has 0 unspecified atom stereocenters. The maximum absolute atomic E-state index is 10.9. The normalized spacial score (nSPS) is 16.0. The summed E-state index contributed by atoms with van der Waals surface area (Å²) in [7, 11) is 0. The lowest BCUT2D eigenvalue weighted by Crippen LogP contribution is -2.45. The highest BCUT2D eigenvalue weighted by Crippen LogP contribution is 2.16. The van der Waals surface area contributed by atoms with Gasteiger partial charge in [-0.1, -0.05) is 0 Å². The van der Waals surface area contributed by atoms with Crippen molar-refractivity contribution < 1.29 is 14.3 Å². The molecule has 1 fully saturated rings. The van der Waals surface area contributed by atoms with Crippen LogP contribution in [0.1, 0.15) is 11.1 Å². The van der Waals surface area contributed by atoms with E-state index in [1.165, 1.54) is 0 Å². The number of morpholine rings is 1. The lowest BCUT2D eigenvalue weighted by atomic mass is 10.2. The summed E-state index contributed by atoms with van der Waals surface area (Å²) in [5.41, 5.74) is 7.14. The van der Waals surface area contributed by atoms with Crippen LogP contribution in [0.2, 0.25) is 0 Å². The Kier molecular flexibility index (Phi) is 7.31. The van der Waals surface area contributed by atoms with E-state index in [2.05, 4.69) is 15.3 Å². The number of rotatable bonds is 4. The van der Waals surface area contributed by atoms with Gasteiger partial charge in [0.15, 0.2) is 0 Å². The van der Waals surface area contributed by atoms with E-state index < -0.39 is 0 Å². The first kappa shape index (κ1) is 18.3. The Morgan fingerprint density at radius 3 is 2.68 bits per heavy atom. The van der Waals surface area contributed by atoms with Gasteiger partial charge in [0, 0.05) is 37.2 Å². The van der Waals surface area contributed by atoms with E-state index in [-0.39, 0.29) is 18.6 Å². The second-order valence-electron chi connectivity index (χ2n) is 5.08. The Hall–Kier alpha value is -3.02. The van der Waals surface area contributed by atoms with Crippen molar-refractivity contribution in [2.75, 3.05) is 19.8 Å². The fourth-order valence-corrected chi connectivity index (χ4v) is 1.95. The first-order valence-electron chi connectivity index (χ1n) is 7.67. The molecule has 0 bridgehead atoms. The predicted octanol–water partition coefficient (Wildman–Crippen LogP) is 0.387. The third kappa shape index (κ3) is 6.18. The molecule has 1 aliphatic heterocycles. The van der Waals surface area contributed by atoms with E-state index >= 15 is 0 Å². The Morgan fingerprint density at radius 2 is 2.08 bits per heavy atom. The van der Waals surface area contributed by atoms with E-state index in [1.807, 2.05) is 12.1 Å². The zero-order valence-corrected chi connectivity index (χ0v) is 13.6. The molecular formula is C17H19N5O3. The van der Waals surface area contributed by atoms with Gasteiger partial charge >= 0.3 is 0 Å². The average Bonchev–Trinajstić information content (AvgIpc) is 2.69. The van der Waals surface area contributed by atoms with Gasteiger partial charge in [-0.3, -0.25) is 14.8 Å². The summed E-state index contributed by atoms with van der Waals surface area (Å²) >= 11 is 0. The molecule has 0 radical (unpaired) electrons. The van der Waals surface area contributed by atoms with Gasteiger partial charge in [0.1, 0.15) is 25.1 Å². The fourth-order valence-electron chi connectivity index (χ4n) is 1.95. The van der Waals surface area contributed by atoms with Crippen LogP contribution in [0.15, 0.2) is 43.0 Å². The predicted molar refractivity (Wildman–Crippen MR) is 89.3 cm³/mol. The molecule has 1 saturated heterocycles. The van der Waals surface area contributed by atoms with Gasteiger partial charge in [0.05, 0.1) is 17.8 Å². The van der Waals surface area contributed by atoms with Gasteiger partial charge in [-0.2, -0.15) is 5.26 Å². The van der Waals surface area contributed by atoms with Crippen molar-refractivity contribution in [2.24, 2.45) is 5.73 Å². The number of nitrogens with zero attached hydrogens (tertiary/aromatic N) is 3. The summed E-state index contributed by atoms with van der Waals surface area (Å²) in [6.45, 7) is 1.33. The monoisotopic (exact) mass is 341 g/mol. The maximum Gasteiger partial charge on any atom is 0.246 e. The number of carbonyl (C=O) groups excluding carboxylic acids is 1. The summed E-state index contributed by atoms with van der Waals surface area (Å²) in [4.78, 5) is 18.6. The third-order valence-electron chi connectivity index (χ3n) is 3.30. The molecule has 8 heteroatoms. The van der Waals surface area contributed by atoms with Gasteiger partial charge in [0.25, 0.3) is 0 Å². The van der Waals surface area contributed by atoms with Crippen LogP contribution in [0.4, 0.5) is 0 Å². The molecule has 1 aliphatic rings. The molecule has 0 aromatic carbocycles. The molecule has 3 heterocycles. The largest absolute Gasteiger partial charge is 0.489 e. The number of hydrogen-bond donors (Lipinski definition) is 2. The Bertz CT molecular complexity index is 708. The van der Waals surface area contributed by atoms with Crippen LogP contribution < -0.4 is 15.8 Å². The zero-order chi connectivity index (χ0) is 17.9. The van der Waals surface area contributed by atoms with Crippen molar-refractivity contribution in [1.29, 1.82) is 5.26 Å². The molecule has 130 valence electrons. The fraction of sp³-hybridized carbons (Fsp3) is 0.294. The van der Waals surface area contributed by atoms with Crippen LogP contribution in [-0.2, 0) is 16.1 Å². The van der Waals surface area contributed by atoms with Crippen LogP contribution in [0.5, 0.6) is 5.75 Å². The maximum atomic E-state index is 10.9. The zero-order valence-electron chi connectivity index (χ0n) is 13.6. The second kappa shape index (κ2) is 9.97. The molecule has 2 aromatic rings. The van der Waals surface area contributed by atoms with Crippen molar-refractivity contribution in [1.82, 2.24) is 15.3 Å². The quantitative estimate of drug-likeness (QED) is 0.824. The van der Waals surface area contributed by atoms with E-state index in [0.717, 1.165) is 5.56 Å². The van der Waals surface area contributed by atoms with Crippen LogP contribution in [-0.4, -0.2) is 41.7 Å². The summed E-state index contributed by atoms with van der Waals surface area (Å²) in [6.07, 6.45) is 6.37. The molecule has 8 nitrogen and oxygen atoms in total. The molecule has 25 heavy (non-hydrogen) atoms.